The quantitative estimate of drug-likeness (QED) is 0.163. The SMILES string of the molecule is CC(C)C[C@H](NC(=O)[C@H](CC(C)C)NC(=O)OCc1ccccc1)C(=O)Cn1c(-c2ccc(OCc3ccccc3)cc2)noc1=O. The monoisotopic (exact) mass is 642 g/mol. The van der Waals surface area contributed by atoms with E-state index in [4.69, 9.17) is 14.0 Å². The van der Waals surface area contributed by atoms with Crippen LogP contribution in [0.1, 0.15) is 51.7 Å². The van der Waals surface area contributed by atoms with Gasteiger partial charge in [-0.3, -0.25) is 14.1 Å². The Bertz CT molecular complexity index is 1650. The van der Waals surface area contributed by atoms with E-state index < -0.39 is 35.6 Å². The molecular formula is C36H42N4O7. The van der Waals surface area contributed by atoms with E-state index in [2.05, 4.69) is 15.8 Å². The molecule has 0 aliphatic rings. The zero-order valence-corrected chi connectivity index (χ0v) is 27.2. The van der Waals surface area contributed by atoms with Gasteiger partial charge in [0.25, 0.3) is 0 Å². The second kappa shape index (κ2) is 16.9. The van der Waals surface area contributed by atoms with Crippen molar-refractivity contribution in [2.45, 2.75) is 72.4 Å². The lowest BCUT2D eigenvalue weighted by atomic mass is 9.98. The Morgan fingerprint density at radius 3 is 1.94 bits per heavy atom. The second-order valence-corrected chi connectivity index (χ2v) is 12.2. The number of hydrogen-bond donors (Lipinski definition) is 2. The zero-order chi connectivity index (χ0) is 33.8. The number of hydrogen-bond acceptors (Lipinski definition) is 8. The number of nitrogens with one attached hydrogen (secondary N) is 2. The Morgan fingerprint density at radius 2 is 1.34 bits per heavy atom. The topological polar surface area (TPSA) is 142 Å². The third kappa shape index (κ3) is 10.7. The number of Topliss-reactive ketones (excluding diaryl/α,β-unsaturated/α-hetero) is 1. The lowest BCUT2D eigenvalue weighted by Crippen LogP contribution is -2.53. The van der Waals surface area contributed by atoms with Crippen LogP contribution in [0.5, 0.6) is 5.75 Å². The van der Waals surface area contributed by atoms with Gasteiger partial charge in [0.1, 0.15) is 25.0 Å². The summed E-state index contributed by atoms with van der Waals surface area (Å²) in [5, 5.41) is 9.38. The number of nitrogens with zero attached hydrogens (tertiary/aromatic N) is 2. The average Bonchev–Trinajstić information content (AvgIpc) is 3.42. The Labute approximate surface area is 274 Å². The van der Waals surface area contributed by atoms with Crippen molar-refractivity contribution in [2.24, 2.45) is 11.8 Å². The van der Waals surface area contributed by atoms with E-state index in [0.717, 1.165) is 15.7 Å². The van der Waals surface area contributed by atoms with Crippen LogP contribution in [0.15, 0.2) is 94.2 Å². The Morgan fingerprint density at radius 1 is 0.766 bits per heavy atom. The number of carbonyl (C=O) groups is 3. The maximum Gasteiger partial charge on any atom is 0.442 e. The van der Waals surface area contributed by atoms with Crippen molar-refractivity contribution < 1.29 is 28.4 Å². The summed E-state index contributed by atoms with van der Waals surface area (Å²) in [5.74, 6) is -0.818. The molecule has 0 bridgehead atoms. The molecule has 47 heavy (non-hydrogen) atoms. The van der Waals surface area contributed by atoms with E-state index in [1.54, 1.807) is 24.3 Å². The van der Waals surface area contributed by atoms with Gasteiger partial charge in [0.05, 0.1) is 12.6 Å². The van der Waals surface area contributed by atoms with E-state index in [1.165, 1.54) is 0 Å². The van der Waals surface area contributed by atoms with Crippen LogP contribution in [0.3, 0.4) is 0 Å². The van der Waals surface area contributed by atoms with Crippen LogP contribution in [0, 0.1) is 11.8 Å². The molecule has 2 N–H and O–H groups in total. The first kappa shape index (κ1) is 34.7. The molecule has 0 aliphatic carbocycles. The molecule has 0 radical (unpaired) electrons. The van der Waals surface area contributed by atoms with Crippen molar-refractivity contribution in [3.63, 3.8) is 0 Å². The predicted octanol–water partition coefficient (Wildman–Crippen LogP) is 5.52. The van der Waals surface area contributed by atoms with E-state index in [-0.39, 0.29) is 30.8 Å². The summed E-state index contributed by atoms with van der Waals surface area (Å²) >= 11 is 0. The minimum absolute atomic E-state index is 0.0405. The first-order valence-electron chi connectivity index (χ1n) is 15.7. The van der Waals surface area contributed by atoms with Crippen molar-refractivity contribution in [3.8, 4) is 17.1 Å². The van der Waals surface area contributed by atoms with Gasteiger partial charge in [-0.15, -0.1) is 0 Å². The predicted molar refractivity (Wildman–Crippen MR) is 176 cm³/mol. The maximum atomic E-state index is 13.6. The molecule has 0 aliphatic heterocycles. The van der Waals surface area contributed by atoms with Crippen LogP contribution in [0.2, 0.25) is 0 Å². The summed E-state index contributed by atoms with van der Waals surface area (Å²) in [6.07, 6.45) is -0.0892. The molecule has 0 saturated heterocycles. The second-order valence-electron chi connectivity index (χ2n) is 12.2. The molecule has 2 atom stereocenters. The van der Waals surface area contributed by atoms with Gasteiger partial charge in [-0.2, -0.15) is 0 Å². The lowest BCUT2D eigenvalue weighted by Gasteiger charge is -2.25. The highest BCUT2D eigenvalue weighted by Gasteiger charge is 2.29. The molecular weight excluding hydrogens is 600 g/mol. The average molecular weight is 643 g/mol. The first-order valence-corrected chi connectivity index (χ1v) is 15.7. The van der Waals surface area contributed by atoms with Gasteiger partial charge >= 0.3 is 11.8 Å². The number of ketones is 1. The van der Waals surface area contributed by atoms with Crippen molar-refractivity contribution in [3.05, 3.63) is 107 Å². The third-order valence-electron chi connectivity index (χ3n) is 7.30. The van der Waals surface area contributed by atoms with Gasteiger partial charge in [0.15, 0.2) is 11.6 Å². The van der Waals surface area contributed by atoms with Gasteiger partial charge in [0, 0.05) is 5.56 Å². The summed E-state index contributed by atoms with van der Waals surface area (Å²) in [5.41, 5.74) is 2.39. The van der Waals surface area contributed by atoms with Crippen LogP contribution in [0.4, 0.5) is 4.79 Å². The van der Waals surface area contributed by atoms with E-state index in [1.807, 2.05) is 88.4 Å². The highest BCUT2D eigenvalue weighted by molar-refractivity contribution is 5.92. The minimum atomic E-state index is -0.933. The van der Waals surface area contributed by atoms with Crippen molar-refractivity contribution >= 4 is 17.8 Å². The van der Waals surface area contributed by atoms with Crippen molar-refractivity contribution in [1.29, 1.82) is 0 Å². The number of aromatic nitrogens is 2. The molecule has 0 unspecified atom stereocenters. The Hall–Kier alpha value is -5.19. The molecule has 1 heterocycles. The summed E-state index contributed by atoms with van der Waals surface area (Å²) in [4.78, 5) is 52.4. The van der Waals surface area contributed by atoms with Gasteiger partial charge in [-0.25, -0.2) is 14.2 Å². The summed E-state index contributed by atoms with van der Waals surface area (Å²) in [6, 6.07) is 24.0. The number of amides is 2. The molecule has 248 valence electrons. The Balaban J connectivity index is 1.43. The molecule has 11 heteroatoms. The van der Waals surface area contributed by atoms with Gasteiger partial charge in [-0.1, -0.05) is 93.5 Å². The fourth-order valence-corrected chi connectivity index (χ4v) is 4.95. The standard InChI is InChI=1S/C36H42N4O7/c1-24(2)19-30(37-34(42)31(20-25(3)4)38-35(43)46-23-27-13-9-6-10-14-27)32(41)21-40-33(39-47-36(40)44)28-15-17-29(18-16-28)45-22-26-11-7-5-8-12-26/h5-18,24-25,30-31H,19-23H2,1-4H3,(H,37,42)(H,38,43)/t30-,31-/m0/s1. The van der Waals surface area contributed by atoms with Crippen LogP contribution in [-0.4, -0.2) is 39.6 Å². The zero-order valence-electron chi connectivity index (χ0n) is 27.2. The van der Waals surface area contributed by atoms with Crippen LogP contribution in [-0.2, 0) is 34.1 Å². The fourth-order valence-electron chi connectivity index (χ4n) is 4.95. The molecule has 0 spiro atoms. The first-order chi connectivity index (χ1) is 22.6. The highest BCUT2D eigenvalue weighted by Crippen LogP contribution is 2.21. The third-order valence-corrected chi connectivity index (χ3v) is 7.30. The number of ether oxygens (including phenoxy) is 2. The van der Waals surface area contributed by atoms with Crippen LogP contribution < -0.4 is 21.1 Å². The van der Waals surface area contributed by atoms with Crippen molar-refractivity contribution in [2.75, 3.05) is 0 Å². The van der Waals surface area contributed by atoms with Crippen LogP contribution in [0.25, 0.3) is 11.4 Å². The summed E-state index contributed by atoms with van der Waals surface area (Å²) in [7, 11) is 0. The Kier molecular flexibility index (Phi) is 12.5. The van der Waals surface area contributed by atoms with Gasteiger partial charge in [-0.05, 0) is 60.1 Å². The number of rotatable bonds is 16. The fraction of sp³-hybridized carbons (Fsp3) is 0.361. The minimum Gasteiger partial charge on any atom is -0.489 e. The molecule has 11 nitrogen and oxygen atoms in total. The number of alkyl carbamates (subject to hydrolysis) is 1. The van der Waals surface area contributed by atoms with Gasteiger partial charge < -0.3 is 20.1 Å². The maximum absolute atomic E-state index is 13.6. The normalized spacial score (nSPS) is 12.4. The highest BCUT2D eigenvalue weighted by atomic mass is 16.5. The molecule has 0 saturated carbocycles. The lowest BCUT2D eigenvalue weighted by molar-refractivity contribution is -0.129. The molecule has 4 rings (SSSR count). The molecule has 2 amide bonds. The van der Waals surface area contributed by atoms with Crippen molar-refractivity contribution in [1.82, 2.24) is 20.4 Å². The summed E-state index contributed by atoms with van der Waals surface area (Å²) in [6.45, 7) is 7.78. The van der Waals surface area contributed by atoms with Gasteiger partial charge in [0.2, 0.25) is 5.91 Å². The van der Waals surface area contributed by atoms with Crippen LogP contribution >= 0.6 is 0 Å². The molecule has 3 aromatic carbocycles. The van der Waals surface area contributed by atoms with E-state index >= 15 is 0 Å². The smallest absolute Gasteiger partial charge is 0.442 e. The largest absolute Gasteiger partial charge is 0.489 e. The molecule has 1 aromatic heterocycles. The van der Waals surface area contributed by atoms with E-state index in [9.17, 15) is 19.2 Å². The number of benzene rings is 3. The summed E-state index contributed by atoms with van der Waals surface area (Å²) < 4.78 is 17.3. The van der Waals surface area contributed by atoms with E-state index in [0.29, 0.717) is 30.8 Å². The molecule has 0 fully saturated rings. The number of carbonyl (C=O) groups excluding carboxylic acids is 3. The molecule has 4 aromatic rings.